The molecule has 15 nitrogen and oxygen atoms in total. The van der Waals surface area contributed by atoms with Crippen molar-refractivity contribution in [2.45, 2.75) is 81.7 Å². The van der Waals surface area contributed by atoms with E-state index in [-0.39, 0.29) is 36.7 Å². The van der Waals surface area contributed by atoms with Crippen molar-refractivity contribution in [2.75, 3.05) is 33.3 Å². The molecule has 0 saturated carbocycles. The summed E-state index contributed by atoms with van der Waals surface area (Å²) in [6.07, 6.45) is 3.42. The van der Waals surface area contributed by atoms with Crippen LogP contribution in [-0.2, 0) is 30.3 Å². The first-order chi connectivity index (χ1) is 28.3. The normalized spacial score (nSPS) is 26.1. The number of benzene rings is 3. The minimum atomic E-state index is -1.16. The summed E-state index contributed by atoms with van der Waals surface area (Å²) in [6, 6.07) is 8.65. The number of esters is 2. The Morgan fingerprint density at radius 1 is 1.08 bits per heavy atom. The number of fused-ring (bicyclic) bond motifs is 10. The third-order valence-corrected chi connectivity index (χ3v) is 13.4. The second kappa shape index (κ2) is 15.8. The Labute approximate surface area is 345 Å². The van der Waals surface area contributed by atoms with Gasteiger partial charge in [0.2, 0.25) is 18.6 Å². The first-order valence-electron chi connectivity index (χ1n) is 19.4. The summed E-state index contributed by atoms with van der Waals surface area (Å²) in [5, 5.41) is 27.8. The number of nitriles is 1. The molecule has 3 aromatic rings. The molecule has 2 fully saturated rings. The van der Waals surface area contributed by atoms with Crippen LogP contribution < -0.4 is 29.6 Å². The van der Waals surface area contributed by atoms with E-state index < -0.39 is 65.3 Å². The van der Waals surface area contributed by atoms with E-state index >= 15 is 0 Å². The Kier molecular flexibility index (Phi) is 10.7. The number of hydrogen-bond donors (Lipinski definition) is 3. The lowest BCUT2D eigenvalue weighted by Gasteiger charge is -2.61. The molecule has 4 bridgehead atoms. The number of thioether (sulfide) groups is 1. The molecule has 2 unspecified atom stereocenters. The van der Waals surface area contributed by atoms with Gasteiger partial charge in [-0.15, -0.1) is 11.8 Å². The number of rotatable bonds is 7. The number of methoxy groups -OCH3 is 1. The molecule has 2 saturated heterocycles. The number of piperazine rings is 1. The van der Waals surface area contributed by atoms with Crippen LogP contribution in [0.2, 0.25) is 0 Å². The number of nitrogens with one attached hydrogen (secondary N) is 2. The highest BCUT2D eigenvalue weighted by Gasteiger charge is 2.60. The highest BCUT2D eigenvalue weighted by Crippen LogP contribution is 2.64. The Morgan fingerprint density at radius 3 is 2.54 bits per heavy atom. The van der Waals surface area contributed by atoms with Crippen molar-refractivity contribution in [3.63, 3.8) is 0 Å². The zero-order chi connectivity index (χ0) is 41.9. The van der Waals surface area contributed by atoms with E-state index in [1.54, 1.807) is 13.0 Å². The van der Waals surface area contributed by atoms with Crippen LogP contribution in [0.5, 0.6) is 28.7 Å². The van der Waals surface area contributed by atoms with Gasteiger partial charge in [0.15, 0.2) is 23.0 Å². The molecule has 6 heterocycles. The minimum Gasteiger partial charge on any atom is -0.504 e. The molecule has 9 rings (SSSR count). The molecule has 3 N–H and O–H groups in total. The lowest BCUT2D eigenvalue weighted by Crippen LogP contribution is -2.69. The van der Waals surface area contributed by atoms with E-state index in [1.165, 1.54) is 38.8 Å². The number of carbonyl (C=O) groups is 4. The zero-order valence-corrected chi connectivity index (χ0v) is 34.3. The third-order valence-electron chi connectivity index (χ3n) is 12.0. The van der Waals surface area contributed by atoms with Gasteiger partial charge in [-0.05, 0) is 57.0 Å². The standard InChI is InChI=1S/C43H45N5O10S/c1-20-14-25-15-27-28(16-44)48-29-17-55-43(53)26(46-42(52)22(3)45-30(50)13-12-24-10-8-7-9-11-24)18-59-41(35(48)34(47(27)5)31(25)36(51)37(20)54-6)33-32(29)40-39(56-19-57-40)21(2)38(33)58-23(4)49/h7-14,22,26-29,34-35,41,51H,15,17-19H2,1-6H3,(H,45,50)(H,46,52)/t22?,26-,27-,28-,29-,34+,35?,41+/m0/s1. The molecule has 2 amide bonds. The molecule has 6 aliphatic heterocycles. The lowest BCUT2D eigenvalue weighted by atomic mass is 9.71. The Hall–Kier alpha value is -5.76. The maximum atomic E-state index is 14.0. The van der Waals surface area contributed by atoms with Crippen LogP contribution >= 0.6 is 11.8 Å². The van der Waals surface area contributed by atoms with E-state index in [2.05, 4.69) is 26.5 Å². The molecule has 6 aliphatic rings. The largest absolute Gasteiger partial charge is 0.504 e. The summed E-state index contributed by atoms with van der Waals surface area (Å²) in [5.41, 5.74) is 4.85. The predicted octanol–water partition coefficient (Wildman–Crippen LogP) is 3.93. The quantitative estimate of drug-likeness (QED) is 0.177. The van der Waals surface area contributed by atoms with E-state index in [0.29, 0.717) is 45.9 Å². The van der Waals surface area contributed by atoms with Gasteiger partial charge in [-0.1, -0.05) is 36.4 Å². The molecule has 0 aliphatic carbocycles. The van der Waals surface area contributed by atoms with E-state index in [9.17, 15) is 29.5 Å². The maximum absolute atomic E-state index is 14.0. The highest BCUT2D eigenvalue weighted by molar-refractivity contribution is 7.99. The molecular weight excluding hydrogens is 779 g/mol. The van der Waals surface area contributed by atoms with Gasteiger partial charge in [-0.3, -0.25) is 24.2 Å². The minimum absolute atomic E-state index is 0.000332. The number of nitrogens with zero attached hydrogens (tertiary/aromatic N) is 3. The van der Waals surface area contributed by atoms with Crippen molar-refractivity contribution in [1.82, 2.24) is 20.4 Å². The average molecular weight is 824 g/mol. The van der Waals surface area contributed by atoms with Crippen molar-refractivity contribution < 1.29 is 48.0 Å². The van der Waals surface area contributed by atoms with Crippen LogP contribution in [0.15, 0.2) is 42.5 Å². The molecule has 308 valence electrons. The predicted molar refractivity (Wildman–Crippen MR) is 215 cm³/mol. The number of ether oxygens (including phenoxy) is 5. The van der Waals surface area contributed by atoms with Crippen molar-refractivity contribution in [2.24, 2.45) is 0 Å². The maximum Gasteiger partial charge on any atom is 0.329 e. The number of phenolic OH excluding ortho intramolecular Hbond substituents is 1. The summed E-state index contributed by atoms with van der Waals surface area (Å²) in [7, 11) is 3.45. The molecule has 59 heavy (non-hydrogen) atoms. The number of hydrogen-bond acceptors (Lipinski definition) is 14. The van der Waals surface area contributed by atoms with Crippen molar-refractivity contribution in [3.8, 4) is 34.8 Å². The van der Waals surface area contributed by atoms with E-state index in [4.69, 9.17) is 23.7 Å². The second-order valence-corrected chi connectivity index (χ2v) is 16.6. The van der Waals surface area contributed by atoms with Gasteiger partial charge in [0.25, 0.3) is 0 Å². The lowest BCUT2D eigenvalue weighted by molar-refractivity contribution is -0.152. The summed E-state index contributed by atoms with van der Waals surface area (Å²) >= 11 is 1.33. The fourth-order valence-electron chi connectivity index (χ4n) is 9.43. The fourth-order valence-corrected chi connectivity index (χ4v) is 10.9. The number of carbonyl (C=O) groups excluding carboxylic acids is 4. The van der Waals surface area contributed by atoms with Crippen molar-refractivity contribution in [1.29, 1.82) is 5.26 Å². The van der Waals surface area contributed by atoms with Gasteiger partial charge in [0, 0.05) is 53.1 Å². The van der Waals surface area contributed by atoms with Crippen LogP contribution in [0, 0.1) is 25.2 Å². The Morgan fingerprint density at radius 2 is 1.83 bits per heavy atom. The van der Waals surface area contributed by atoms with E-state index in [1.807, 2.05) is 50.4 Å². The van der Waals surface area contributed by atoms with Gasteiger partial charge in [0.1, 0.15) is 30.5 Å². The molecule has 3 aromatic carbocycles. The zero-order valence-electron chi connectivity index (χ0n) is 33.4. The van der Waals surface area contributed by atoms with Crippen LogP contribution in [0.25, 0.3) is 6.08 Å². The van der Waals surface area contributed by atoms with Crippen LogP contribution in [-0.4, -0.2) is 102 Å². The van der Waals surface area contributed by atoms with Crippen LogP contribution in [0.4, 0.5) is 0 Å². The number of amides is 2. The van der Waals surface area contributed by atoms with Gasteiger partial charge < -0.3 is 39.4 Å². The van der Waals surface area contributed by atoms with Crippen molar-refractivity contribution >= 4 is 41.6 Å². The number of phenols is 1. The summed E-state index contributed by atoms with van der Waals surface area (Å²) in [4.78, 5) is 57.5. The van der Waals surface area contributed by atoms with Crippen molar-refractivity contribution in [3.05, 3.63) is 81.4 Å². The highest BCUT2D eigenvalue weighted by atomic mass is 32.2. The topological polar surface area (TPSA) is 189 Å². The number of aryl methyl sites for hydroxylation is 1. The Bertz CT molecular complexity index is 2310. The first-order valence-corrected chi connectivity index (χ1v) is 20.4. The number of likely N-dealkylation sites (N-methyl/N-ethyl adjacent to an activating group) is 1. The summed E-state index contributed by atoms with van der Waals surface area (Å²) < 4.78 is 30.0. The summed E-state index contributed by atoms with van der Waals surface area (Å²) in [5.74, 6) is -0.956. The fraction of sp³-hybridized carbons (Fsp3) is 0.419. The molecule has 0 aromatic heterocycles. The van der Waals surface area contributed by atoms with Gasteiger partial charge in [-0.2, -0.15) is 5.26 Å². The molecule has 0 radical (unpaired) electrons. The smallest absolute Gasteiger partial charge is 0.329 e. The monoisotopic (exact) mass is 823 g/mol. The van der Waals surface area contributed by atoms with Gasteiger partial charge >= 0.3 is 11.9 Å². The van der Waals surface area contributed by atoms with Crippen LogP contribution in [0.3, 0.4) is 0 Å². The first kappa shape index (κ1) is 40.0. The average Bonchev–Trinajstić information content (AvgIpc) is 3.70. The second-order valence-electron chi connectivity index (χ2n) is 15.4. The number of aromatic hydroxyl groups is 1. The summed E-state index contributed by atoms with van der Waals surface area (Å²) in [6.45, 7) is 6.12. The third kappa shape index (κ3) is 6.80. The molecular formula is C43H45N5O10S. The SMILES string of the molecule is COc1c(C)cc2c(c1O)[C@@H]1C3[C@@H]4SC[C@H](NC(=O)C(C)NC(=O)C=Cc5ccccc5)C(=O)OC[C@@H](c5c6c(c(C)c(OC(C)=O)c54)OCO6)N3[C@@H](C#N)[C@H](C2)N1C. The molecule has 8 atom stereocenters. The molecule has 0 spiro atoms. The van der Waals surface area contributed by atoms with E-state index in [0.717, 1.165) is 16.7 Å². The van der Waals surface area contributed by atoms with Crippen LogP contribution in [0.1, 0.15) is 70.1 Å². The van der Waals surface area contributed by atoms with Gasteiger partial charge in [-0.25, -0.2) is 4.79 Å². The Balaban J connectivity index is 1.22. The van der Waals surface area contributed by atoms with Gasteiger partial charge in [0.05, 0.1) is 30.5 Å². The molecule has 16 heteroatoms.